The summed E-state index contributed by atoms with van der Waals surface area (Å²) in [6.07, 6.45) is 0. The molecule has 0 aliphatic carbocycles. The molecule has 94 valence electrons. The zero-order valence-corrected chi connectivity index (χ0v) is 12.0. The van der Waals surface area contributed by atoms with Crippen LogP contribution in [0.5, 0.6) is 0 Å². The molecular weight excluding hydrogens is 266 g/mol. The van der Waals surface area contributed by atoms with Gasteiger partial charge in [-0.25, -0.2) is 4.98 Å². The highest BCUT2D eigenvalue weighted by Crippen LogP contribution is 2.19. The number of nitrogens with one attached hydrogen (secondary N) is 1. The van der Waals surface area contributed by atoms with E-state index in [0.717, 1.165) is 27.6 Å². The van der Waals surface area contributed by atoms with E-state index in [-0.39, 0.29) is 0 Å². The van der Waals surface area contributed by atoms with Crippen molar-refractivity contribution in [2.75, 3.05) is 0 Å². The Labute approximate surface area is 113 Å². The maximum Gasteiger partial charge on any atom is 0.179 e. The number of aryl methyl sites for hydroxylation is 3. The van der Waals surface area contributed by atoms with Gasteiger partial charge in [0, 0.05) is 12.4 Å². The molecule has 0 saturated heterocycles. The summed E-state index contributed by atoms with van der Waals surface area (Å²) in [7, 11) is 1.93. The van der Waals surface area contributed by atoms with Crippen molar-refractivity contribution in [3.8, 4) is 0 Å². The average molecular weight is 279 g/mol. The fourth-order valence-corrected chi connectivity index (χ4v) is 3.02. The second-order valence-electron chi connectivity index (χ2n) is 4.28. The Morgan fingerprint density at radius 2 is 2.22 bits per heavy atom. The Hall–Kier alpha value is -1.47. The van der Waals surface area contributed by atoms with Crippen LogP contribution >= 0.6 is 23.6 Å². The van der Waals surface area contributed by atoms with Gasteiger partial charge in [-0.05, 0) is 26.1 Å². The summed E-state index contributed by atoms with van der Waals surface area (Å²) in [5, 5.41) is 7.54. The van der Waals surface area contributed by atoms with Crippen LogP contribution in [-0.4, -0.2) is 24.3 Å². The van der Waals surface area contributed by atoms with Gasteiger partial charge in [0.25, 0.3) is 0 Å². The van der Waals surface area contributed by atoms with Gasteiger partial charge >= 0.3 is 0 Å². The van der Waals surface area contributed by atoms with Gasteiger partial charge in [0.15, 0.2) is 10.4 Å². The molecule has 18 heavy (non-hydrogen) atoms. The number of nitrogens with zero attached hydrogens (tertiary/aromatic N) is 4. The molecule has 3 heterocycles. The van der Waals surface area contributed by atoms with E-state index in [2.05, 4.69) is 20.4 Å². The minimum Gasteiger partial charge on any atom is -0.328 e. The molecule has 0 bridgehead atoms. The van der Waals surface area contributed by atoms with Crippen LogP contribution in [0.15, 0.2) is 5.38 Å². The van der Waals surface area contributed by atoms with Crippen LogP contribution in [0.4, 0.5) is 0 Å². The maximum absolute atomic E-state index is 5.37. The first-order chi connectivity index (χ1) is 8.56. The standard InChI is InChI=1S/C11H13N5S2/c1-6-9-10(15(3)14-6)16(11(17)13-9)4-8-5-18-7(2)12-8/h5H,4H2,1-3H3,(H,13,17). The fourth-order valence-electron chi connectivity index (χ4n) is 2.16. The van der Waals surface area contributed by atoms with E-state index in [1.807, 2.05) is 30.1 Å². The van der Waals surface area contributed by atoms with Crippen LogP contribution in [0.25, 0.3) is 11.2 Å². The lowest BCUT2D eigenvalue weighted by Gasteiger charge is -2.02. The van der Waals surface area contributed by atoms with Gasteiger partial charge in [-0.3, -0.25) is 9.25 Å². The molecule has 0 amide bonds. The molecule has 0 aliphatic rings. The SMILES string of the molecule is Cc1nc(Cn2c(=S)[nH]c3c(C)nn(C)c32)cs1. The zero-order chi connectivity index (χ0) is 12.9. The first kappa shape index (κ1) is 11.6. The lowest BCUT2D eigenvalue weighted by Crippen LogP contribution is -2.04. The van der Waals surface area contributed by atoms with Crippen molar-refractivity contribution in [1.29, 1.82) is 0 Å². The fraction of sp³-hybridized carbons (Fsp3) is 0.364. The summed E-state index contributed by atoms with van der Waals surface area (Å²) in [5.41, 5.74) is 4.03. The van der Waals surface area contributed by atoms with Crippen molar-refractivity contribution in [3.63, 3.8) is 0 Å². The van der Waals surface area contributed by atoms with Crippen LogP contribution in [0.3, 0.4) is 0 Å². The number of aromatic amines is 1. The normalized spacial score (nSPS) is 11.5. The summed E-state index contributed by atoms with van der Waals surface area (Å²) in [6, 6.07) is 0. The van der Waals surface area contributed by atoms with Crippen LogP contribution in [-0.2, 0) is 13.6 Å². The number of fused-ring (bicyclic) bond motifs is 1. The van der Waals surface area contributed by atoms with Crippen molar-refractivity contribution >= 4 is 34.7 Å². The van der Waals surface area contributed by atoms with Crippen LogP contribution in [0.1, 0.15) is 16.4 Å². The zero-order valence-electron chi connectivity index (χ0n) is 10.4. The molecule has 3 rings (SSSR count). The van der Waals surface area contributed by atoms with Crippen molar-refractivity contribution in [3.05, 3.63) is 26.5 Å². The van der Waals surface area contributed by atoms with Gasteiger partial charge in [-0.1, -0.05) is 0 Å². The summed E-state index contributed by atoms with van der Waals surface area (Å²) >= 11 is 7.03. The van der Waals surface area contributed by atoms with E-state index < -0.39 is 0 Å². The highest BCUT2D eigenvalue weighted by molar-refractivity contribution is 7.71. The summed E-state index contributed by atoms with van der Waals surface area (Å²) < 4.78 is 4.61. The predicted octanol–water partition coefficient (Wildman–Crippen LogP) is 2.55. The molecular formula is C11H13N5S2. The molecule has 3 aromatic rings. The molecule has 7 heteroatoms. The number of imidazole rings is 1. The molecule has 1 N–H and O–H groups in total. The minimum atomic E-state index is 0.683. The van der Waals surface area contributed by atoms with Crippen molar-refractivity contribution in [2.45, 2.75) is 20.4 Å². The average Bonchev–Trinajstić information content (AvgIpc) is 2.91. The van der Waals surface area contributed by atoms with Gasteiger partial charge in [-0.15, -0.1) is 11.3 Å². The molecule has 0 saturated carbocycles. The summed E-state index contributed by atoms with van der Waals surface area (Å²) in [6.45, 7) is 4.67. The first-order valence-corrected chi connectivity index (χ1v) is 6.88. The predicted molar refractivity (Wildman–Crippen MR) is 74.6 cm³/mol. The van der Waals surface area contributed by atoms with E-state index >= 15 is 0 Å². The highest BCUT2D eigenvalue weighted by atomic mass is 32.1. The number of rotatable bonds is 2. The van der Waals surface area contributed by atoms with Crippen LogP contribution in [0, 0.1) is 18.6 Å². The van der Waals surface area contributed by atoms with Crippen molar-refractivity contribution in [1.82, 2.24) is 24.3 Å². The van der Waals surface area contributed by atoms with Crippen molar-refractivity contribution in [2.24, 2.45) is 7.05 Å². The lowest BCUT2D eigenvalue weighted by molar-refractivity contribution is 0.708. The number of aromatic nitrogens is 5. The third-order valence-electron chi connectivity index (χ3n) is 2.91. The molecule has 0 fully saturated rings. The van der Waals surface area contributed by atoms with E-state index in [9.17, 15) is 0 Å². The Morgan fingerprint density at radius 3 is 2.89 bits per heavy atom. The van der Waals surface area contributed by atoms with Gasteiger partial charge in [-0.2, -0.15) is 5.10 Å². The van der Waals surface area contributed by atoms with Crippen LogP contribution < -0.4 is 0 Å². The quantitative estimate of drug-likeness (QED) is 0.733. The second-order valence-corrected chi connectivity index (χ2v) is 5.73. The summed E-state index contributed by atoms with van der Waals surface area (Å²) in [4.78, 5) is 7.69. The maximum atomic E-state index is 5.37. The summed E-state index contributed by atoms with van der Waals surface area (Å²) in [5.74, 6) is 0. The topological polar surface area (TPSA) is 51.4 Å². The number of H-pyrrole nitrogens is 1. The molecule has 0 atom stereocenters. The van der Waals surface area contributed by atoms with Crippen molar-refractivity contribution < 1.29 is 0 Å². The number of thiazole rings is 1. The molecule has 0 unspecified atom stereocenters. The van der Waals surface area contributed by atoms with Gasteiger partial charge in [0.1, 0.15) is 5.52 Å². The first-order valence-electron chi connectivity index (χ1n) is 5.59. The van der Waals surface area contributed by atoms with E-state index in [0.29, 0.717) is 11.3 Å². The molecule has 0 radical (unpaired) electrons. The molecule has 0 aromatic carbocycles. The second kappa shape index (κ2) is 4.03. The lowest BCUT2D eigenvalue weighted by atomic mass is 10.4. The number of hydrogen-bond donors (Lipinski definition) is 1. The Bertz CT molecular complexity index is 773. The van der Waals surface area contributed by atoms with Gasteiger partial charge in [0.05, 0.1) is 22.9 Å². The Balaban J connectivity index is 2.16. The molecule has 0 spiro atoms. The molecule has 0 aliphatic heterocycles. The van der Waals surface area contributed by atoms with Crippen LogP contribution in [0.2, 0.25) is 0 Å². The largest absolute Gasteiger partial charge is 0.328 e. The third-order valence-corrected chi connectivity index (χ3v) is 4.06. The van der Waals surface area contributed by atoms with E-state index in [4.69, 9.17) is 12.2 Å². The van der Waals surface area contributed by atoms with E-state index in [1.165, 1.54) is 0 Å². The smallest absolute Gasteiger partial charge is 0.179 e. The molecule has 3 aromatic heterocycles. The van der Waals surface area contributed by atoms with E-state index in [1.54, 1.807) is 11.3 Å². The molecule has 5 nitrogen and oxygen atoms in total. The minimum absolute atomic E-state index is 0.683. The van der Waals surface area contributed by atoms with Gasteiger partial charge in [0.2, 0.25) is 0 Å². The van der Waals surface area contributed by atoms with Gasteiger partial charge < -0.3 is 4.98 Å². The Morgan fingerprint density at radius 1 is 1.44 bits per heavy atom. The Kier molecular flexibility index (Phi) is 2.60. The monoisotopic (exact) mass is 279 g/mol. The third kappa shape index (κ3) is 1.70. The highest BCUT2D eigenvalue weighted by Gasteiger charge is 2.13. The number of hydrogen-bond acceptors (Lipinski definition) is 4.